The summed E-state index contributed by atoms with van der Waals surface area (Å²) in [4.78, 5) is 26.7. The minimum Gasteiger partial charge on any atom is -0.369 e. The summed E-state index contributed by atoms with van der Waals surface area (Å²) in [5.74, 6) is -0.296. The number of nitrogens with two attached hydrogens (primary N) is 2. The summed E-state index contributed by atoms with van der Waals surface area (Å²) in [6.45, 7) is 5.12. The van der Waals surface area contributed by atoms with Gasteiger partial charge in [0.25, 0.3) is 0 Å². The van der Waals surface area contributed by atoms with Crippen molar-refractivity contribution in [3.8, 4) is 0 Å². The summed E-state index contributed by atoms with van der Waals surface area (Å²) in [6, 6.07) is -0.391. The second kappa shape index (κ2) is 7.33. The Balaban J connectivity index is 2.46. The van der Waals surface area contributed by atoms with E-state index in [0.717, 1.165) is 25.8 Å². The van der Waals surface area contributed by atoms with Gasteiger partial charge in [0.1, 0.15) is 0 Å². The van der Waals surface area contributed by atoms with Crippen LogP contribution in [0.25, 0.3) is 0 Å². The standard InChI is InChI=1S/C12H24N4O2/c1-2-4-10(13)12(18)16-6-3-5-15(7-8-16)9-11(14)17/h10H,2-9,13H2,1H3,(H2,14,17). The maximum Gasteiger partial charge on any atom is 0.239 e. The van der Waals surface area contributed by atoms with Gasteiger partial charge >= 0.3 is 0 Å². The van der Waals surface area contributed by atoms with E-state index in [1.54, 1.807) is 4.90 Å². The fourth-order valence-corrected chi connectivity index (χ4v) is 2.24. The van der Waals surface area contributed by atoms with E-state index in [4.69, 9.17) is 11.5 Å². The van der Waals surface area contributed by atoms with E-state index < -0.39 is 6.04 Å². The van der Waals surface area contributed by atoms with Crippen LogP contribution in [0.15, 0.2) is 0 Å². The van der Waals surface area contributed by atoms with Gasteiger partial charge in [-0.2, -0.15) is 0 Å². The third-order valence-corrected chi connectivity index (χ3v) is 3.20. The van der Waals surface area contributed by atoms with Gasteiger partial charge in [0, 0.05) is 26.2 Å². The molecule has 6 heteroatoms. The third-order valence-electron chi connectivity index (χ3n) is 3.20. The average Bonchev–Trinajstić information content (AvgIpc) is 2.53. The molecular weight excluding hydrogens is 232 g/mol. The zero-order chi connectivity index (χ0) is 13.5. The summed E-state index contributed by atoms with van der Waals surface area (Å²) in [5.41, 5.74) is 11.0. The lowest BCUT2D eigenvalue weighted by Gasteiger charge is -2.24. The number of carbonyl (C=O) groups excluding carboxylic acids is 2. The van der Waals surface area contributed by atoms with Crippen LogP contribution in [0.1, 0.15) is 26.2 Å². The van der Waals surface area contributed by atoms with Gasteiger partial charge in [0.05, 0.1) is 12.6 Å². The molecule has 1 aliphatic rings. The minimum atomic E-state index is -0.391. The maximum atomic E-state index is 12.1. The Morgan fingerprint density at radius 1 is 1.22 bits per heavy atom. The van der Waals surface area contributed by atoms with Gasteiger partial charge < -0.3 is 16.4 Å². The summed E-state index contributed by atoms with van der Waals surface area (Å²) in [6.07, 6.45) is 2.49. The first kappa shape index (κ1) is 14.9. The van der Waals surface area contributed by atoms with Crippen molar-refractivity contribution in [3.63, 3.8) is 0 Å². The molecule has 1 rings (SSSR count). The van der Waals surface area contributed by atoms with Crippen LogP contribution in [0.3, 0.4) is 0 Å². The molecule has 1 aliphatic heterocycles. The number of hydrogen-bond acceptors (Lipinski definition) is 4. The molecule has 0 bridgehead atoms. The van der Waals surface area contributed by atoms with Gasteiger partial charge in [-0.25, -0.2) is 0 Å². The molecular formula is C12H24N4O2. The van der Waals surface area contributed by atoms with E-state index in [-0.39, 0.29) is 18.4 Å². The predicted octanol–water partition coefficient (Wildman–Crippen LogP) is -0.867. The van der Waals surface area contributed by atoms with Crippen LogP contribution in [0.2, 0.25) is 0 Å². The van der Waals surface area contributed by atoms with Crippen molar-refractivity contribution in [2.75, 3.05) is 32.7 Å². The second-order valence-corrected chi connectivity index (χ2v) is 4.82. The van der Waals surface area contributed by atoms with Crippen LogP contribution >= 0.6 is 0 Å². The molecule has 6 nitrogen and oxygen atoms in total. The number of rotatable bonds is 5. The fraction of sp³-hybridized carbons (Fsp3) is 0.833. The molecule has 18 heavy (non-hydrogen) atoms. The first-order valence-electron chi connectivity index (χ1n) is 6.59. The molecule has 1 atom stereocenters. The Morgan fingerprint density at radius 2 is 1.94 bits per heavy atom. The van der Waals surface area contributed by atoms with Crippen molar-refractivity contribution in [1.29, 1.82) is 0 Å². The summed E-state index contributed by atoms with van der Waals surface area (Å²) < 4.78 is 0. The number of carbonyl (C=O) groups is 2. The quantitative estimate of drug-likeness (QED) is 0.669. The molecule has 2 amide bonds. The molecule has 0 aromatic carbocycles. The van der Waals surface area contributed by atoms with Crippen LogP contribution in [0.5, 0.6) is 0 Å². The summed E-state index contributed by atoms with van der Waals surface area (Å²) in [7, 11) is 0. The van der Waals surface area contributed by atoms with Crippen LogP contribution < -0.4 is 11.5 Å². The molecule has 1 fully saturated rings. The molecule has 0 aliphatic carbocycles. The van der Waals surface area contributed by atoms with Gasteiger partial charge in [-0.1, -0.05) is 13.3 Å². The summed E-state index contributed by atoms with van der Waals surface area (Å²) >= 11 is 0. The molecule has 1 heterocycles. The zero-order valence-electron chi connectivity index (χ0n) is 11.1. The largest absolute Gasteiger partial charge is 0.369 e. The lowest BCUT2D eigenvalue weighted by Crippen LogP contribution is -2.45. The number of hydrogen-bond donors (Lipinski definition) is 2. The number of amides is 2. The Labute approximate surface area is 108 Å². The fourth-order valence-electron chi connectivity index (χ4n) is 2.24. The van der Waals surface area contributed by atoms with Crippen molar-refractivity contribution in [2.45, 2.75) is 32.2 Å². The Kier molecular flexibility index (Phi) is 6.07. The first-order valence-corrected chi connectivity index (χ1v) is 6.59. The minimum absolute atomic E-state index is 0.0257. The van der Waals surface area contributed by atoms with Crippen molar-refractivity contribution in [1.82, 2.24) is 9.80 Å². The van der Waals surface area contributed by atoms with Crippen molar-refractivity contribution >= 4 is 11.8 Å². The zero-order valence-corrected chi connectivity index (χ0v) is 11.1. The van der Waals surface area contributed by atoms with Gasteiger partial charge in [-0.15, -0.1) is 0 Å². The Bertz CT molecular complexity index is 296. The van der Waals surface area contributed by atoms with Crippen molar-refractivity contribution in [2.24, 2.45) is 11.5 Å². The SMILES string of the molecule is CCCC(N)C(=O)N1CCCN(CC(N)=O)CC1. The van der Waals surface area contributed by atoms with E-state index in [9.17, 15) is 9.59 Å². The predicted molar refractivity (Wildman–Crippen MR) is 69.7 cm³/mol. The maximum absolute atomic E-state index is 12.1. The van der Waals surface area contributed by atoms with Crippen LogP contribution in [-0.4, -0.2) is 60.4 Å². The van der Waals surface area contributed by atoms with Gasteiger partial charge in [0.2, 0.25) is 11.8 Å². The monoisotopic (exact) mass is 256 g/mol. The molecule has 104 valence electrons. The molecule has 1 saturated heterocycles. The average molecular weight is 256 g/mol. The summed E-state index contributed by atoms with van der Waals surface area (Å²) in [5, 5.41) is 0. The molecule has 4 N–H and O–H groups in total. The molecule has 0 radical (unpaired) electrons. The normalized spacial score (nSPS) is 19.3. The highest BCUT2D eigenvalue weighted by Gasteiger charge is 2.23. The highest BCUT2D eigenvalue weighted by molar-refractivity contribution is 5.81. The smallest absolute Gasteiger partial charge is 0.239 e. The molecule has 0 aromatic heterocycles. The van der Waals surface area contributed by atoms with Gasteiger partial charge in [0.15, 0.2) is 0 Å². The molecule has 1 unspecified atom stereocenters. The van der Waals surface area contributed by atoms with Gasteiger partial charge in [-0.3, -0.25) is 14.5 Å². The highest BCUT2D eigenvalue weighted by atomic mass is 16.2. The number of primary amides is 1. The molecule has 0 aromatic rings. The van der Waals surface area contributed by atoms with Crippen LogP contribution in [0.4, 0.5) is 0 Å². The lowest BCUT2D eigenvalue weighted by atomic mass is 10.1. The van der Waals surface area contributed by atoms with E-state index in [0.29, 0.717) is 19.6 Å². The first-order chi connectivity index (χ1) is 8.54. The Hall–Kier alpha value is -1.14. The highest BCUT2D eigenvalue weighted by Crippen LogP contribution is 2.06. The van der Waals surface area contributed by atoms with Crippen molar-refractivity contribution in [3.05, 3.63) is 0 Å². The van der Waals surface area contributed by atoms with Crippen molar-refractivity contribution < 1.29 is 9.59 Å². The van der Waals surface area contributed by atoms with E-state index in [2.05, 4.69) is 0 Å². The van der Waals surface area contributed by atoms with E-state index in [1.807, 2.05) is 11.8 Å². The Morgan fingerprint density at radius 3 is 2.56 bits per heavy atom. The number of nitrogens with zero attached hydrogens (tertiary/aromatic N) is 2. The van der Waals surface area contributed by atoms with Crippen LogP contribution in [0, 0.1) is 0 Å². The molecule has 0 saturated carbocycles. The lowest BCUT2D eigenvalue weighted by molar-refractivity contribution is -0.132. The van der Waals surface area contributed by atoms with Crippen LogP contribution in [-0.2, 0) is 9.59 Å². The topological polar surface area (TPSA) is 92.7 Å². The molecule has 0 spiro atoms. The van der Waals surface area contributed by atoms with Gasteiger partial charge in [-0.05, 0) is 12.8 Å². The van der Waals surface area contributed by atoms with E-state index >= 15 is 0 Å². The van der Waals surface area contributed by atoms with E-state index in [1.165, 1.54) is 0 Å². The third kappa shape index (κ3) is 4.62. The second-order valence-electron chi connectivity index (χ2n) is 4.82.